The van der Waals surface area contributed by atoms with Crippen LogP contribution in [-0.4, -0.2) is 15.2 Å². The lowest BCUT2D eigenvalue weighted by atomic mass is 10.6. The first-order valence-corrected chi connectivity index (χ1v) is 2.29. The molecule has 0 saturated carbocycles. The van der Waals surface area contributed by atoms with E-state index in [1.54, 1.807) is 0 Å². The van der Waals surface area contributed by atoms with E-state index in [9.17, 15) is 0 Å². The van der Waals surface area contributed by atoms with Gasteiger partial charge in [-0.05, 0) is 5.53 Å². The lowest BCUT2D eigenvalue weighted by Gasteiger charge is -1.77. The Kier molecular flexibility index (Phi) is 1.66. The molecule has 0 saturated heterocycles. The van der Waals surface area contributed by atoms with E-state index in [0.29, 0.717) is 5.82 Å². The van der Waals surface area contributed by atoms with E-state index in [-0.39, 0.29) is 6.54 Å². The van der Waals surface area contributed by atoms with Crippen LogP contribution in [0.15, 0.2) is 11.4 Å². The number of nitrogens with zero attached hydrogens (tertiary/aromatic N) is 5. The van der Waals surface area contributed by atoms with Crippen LogP contribution in [-0.2, 0) is 6.54 Å². The van der Waals surface area contributed by atoms with Gasteiger partial charge in [0.1, 0.15) is 6.33 Å². The van der Waals surface area contributed by atoms with Gasteiger partial charge in [0.15, 0.2) is 5.82 Å². The lowest BCUT2D eigenvalue weighted by Crippen LogP contribution is -1.81. The molecule has 1 rings (SSSR count). The second-order valence-corrected chi connectivity index (χ2v) is 1.30. The Labute approximate surface area is 50.5 Å². The maximum atomic E-state index is 7.86. The van der Waals surface area contributed by atoms with Crippen LogP contribution in [0, 0.1) is 0 Å². The summed E-state index contributed by atoms with van der Waals surface area (Å²) in [5, 5.41) is 9.40. The van der Waals surface area contributed by atoms with Gasteiger partial charge in [0.25, 0.3) is 0 Å². The standard InChI is InChI=1S/C3H4N6/c4-9-6-1-3-5-2-7-8-3/h2H,1H2,(H,5,7,8). The summed E-state index contributed by atoms with van der Waals surface area (Å²) in [5.74, 6) is 0.507. The van der Waals surface area contributed by atoms with Crippen molar-refractivity contribution >= 4 is 0 Å². The van der Waals surface area contributed by atoms with E-state index >= 15 is 0 Å². The Morgan fingerprint density at radius 3 is 3.33 bits per heavy atom. The number of hydrogen-bond acceptors (Lipinski definition) is 3. The summed E-state index contributed by atoms with van der Waals surface area (Å²) in [6, 6.07) is 0. The van der Waals surface area contributed by atoms with Gasteiger partial charge in [-0.2, -0.15) is 5.10 Å². The number of azide groups is 1. The normalized spacial score (nSPS) is 8.44. The van der Waals surface area contributed by atoms with Gasteiger partial charge in [-0.25, -0.2) is 4.98 Å². The van der Waals surface area contributed by atoms with E-state index in [1.807, 2.05) is 0 Å². The van der Waals surface area contributed by atoms with E-state index in [0.717, 1.165) is 0 Å². The van der Waals surface area contributed by atoms with Crippen molar-refractivity contribution in [2.45, 2.75) is 6.54 Å². The van der Waals surface area contributed by atoms with Gasteiger partial charge in [-0.15, -0.1) is 0 Å². The zero-order chi connectivity index (χ0) is 6.53. The smallest absolute Gasteiger partial charge is 0.156 e. The third-order valence-electron chi connectivity index (χ3n) is 0.740. The average molecular weight is 124 g/mol. The predicted molar refractivity (Wildman–Crippen MR) is 29.2 cm³/mol. The summed E-state index contributed by atoms with van der Waals surface area (Å²) >= 11 is 0. The summed E-state index contributed by atoms with van der Waals surface area (Å²) < 4.78 is 0. The summed E-state index contributed by atoms with van der Waals surface area (Å²) in [4.78, 5) is 6.26. The highest BCUT2D eigenvalue weighted by Gasteiger charge is 1.89. The van der Waals surface area contributed by atoms with Crippen molar-refractivity contribution in [2.75, 3.05) is 0 Å². The van der Waals surface area contributed by atoms with E-state index in [1.165, 1.54) is 6.33 Å². The fourth-order valence-corrected chi connectivity index (χ4v) is 0.407. The highest BCUT2D eigenvalue weighted by atomic mass is 15.2. The van der Waals surface area contributed by atoms with Gasteiger partial charge in [-0.3, -0.25) is 5.10 Å². The van der Waals surface area contributed by atoms with Crippen molar-refractivity contribution in [3.8, 4) is 0 Å². The Morgan fingerprint density at radius 2 is 2.78 bits per heavy atom. The highest BCUT2D eigenvalue weighted by molar-refractivity contribution is 4.77. The van der Waals surface area contributed by atoms with Crippen LogP contribution in [0.4, 0.5) is 0 Å². The van der Waals surface area contributed by atoms with Crippen LogP contribution >= 0.6 is 0 Å². The highest BCUT2D eigenvalue weighted by Crippen LogP contribution is 1.87. The van der Waals surface area contributed by atoms with Gasteiger partial charge in [0.2, 0.25) is 0 Å². The quantitative estimate of drug-likeness (QED) is 0.355. The molecule has 1 aromatic rings. The molecule has 0 aromatic carbocycles. The van der Waals surface area contributed by atoms with E-state index in [4.69, 9.17) is 5.53 Å². The number of aromatic nitrogens is 3. The molecule has 0 bridgehead atoms. The van der Waals surface area contributed by atoms with E-state index in [2.05, 4.69) is 25.2 Å². The van der Waals surface area contributed by atoms with E-state index < -0.39 is 0 Å². The molecule has 0 spiro atoms. The van der Waals surface area contributed by atoms with Gasteiger partial charge in [-0.1, -0.05) is 5.11 Å². The third kappa shape index (κ3) is 1.43. The summed E-state index contributed by atoms with van der Waals surface area (Å²) in [7, 11) is 0. The fourth-order valence-electron chi connectivity index (χ4n) is 0.407. The molecule has 0 aliphatic carbocycles. The first kappa shape index (κ1) is 5.58. The summed E-state index contributed by atoms with van der Waals surface area (Å²) in [6.07, 6.45) is 1.43. The van der Waals surface area contributed by atoms with Crippen LogP contribution in [0.2, 0.25) is 0 Å². The average Bonchev–Trinajstić information content (AvgIpc) is 2.34. The molecule has 6 nitrogen and oxygen atoms in total. The Morgan fingerprint density at radius 1 is 1.89 bits per heavy atom. The van der Waals surface area contributed by atoms with Gasteiger partial charge in [0, 0.05) is 4.91 Å². The number of nitrogens with one attached hydrogen (secondary N) is 1. The fraction of sp³-hybridized carbons (Fsp3) is 0.333. The molecule has 9 heavy (non-hydrogen) atoms. The molecule has 0 fully saturated rings. The number of hydrogen-bond donors (Lipinski definition) is 1. The van der Waals surface area contributed by atoms with Crippen LogP contribution in [0.1, 0.15) is 5.82 Å². The molecule has 1 aromatic heterocycles. The first-order chi connectivity index (χ1) is 4.43. The topological polar surface area (TPSA) is 90.3 Å². The molecule has 46 valence electrons. The molecule has 6 heteroatoms. The largest absolute Gasteiger partial charge is 0.266 e. The third-order valence-corrected chi connectivity index (χ3v) is 0.740. The van der Waals surface area contributed by atoms with Gasteiger partial charge in [0.05, 0.1) is 6.54 Å². The van der Waals surface area contributed by atoms with Crippen molar-refractivity contribution < 1.29 is 0 Å². The Hall–Kier alpha value is -1.55. The van der Waals surface area contributed by atoms with Crippen molar-refractivity contribution in [1.29, 1.82) is 0 Å². The van der Waals surface area contributed by atoms with Gasteiger partial charge >= 0.3 is 0 Å². The number of H-pyrrole nitrogens is 1. The zero-order valence-corrected chi connectivity index (χ0v) is 4.52. The van der Waals surface area contributed by atoms with Crippen molar-refractivity contribution in [3.63, 3.8) is 0 Å². The minimum atomic E-state index is 0.208. The van der Waals surface area contributed by atoms with Crippen molar-refractivity contribution in [1.82, 2.24) is 15.2 Å². The van der Waals surface area contributed by atoms with Crippen LogP contribution in [0.5, 0.6) is 0 Å². The van der Waals surface area contributed by atoms with Crippen molar-refractivity contribution in [3.05, 3.63) is 22.6 Å². The molecule has 0 unspecified atom stereocenters. The second-order valence-electron chi connectivity index (χ2n) is 1.30. The van der Waals surface area contributed by atoms with Crippen LogP contribution in [0.3, 0.4) is 0 Å². The number of rotatable bonds is 2. The molecule has 0 aliphatic heterocycles. The maximum absolute atomic E-state index is 7.86. The molecule has 0 atom stereocenters. The SMILES string of the molecule is [N-]=[N+]=NCc1nc[nH]n1. The second kappa shape index (κ2) is 2.68. The minimum absolute atomic E-state index is 0.208. The molecule has 0 aliphatic rings. The molecule has 1 heterocycles. The molecule has 0 radical (unpaired) electrons. The maximum Gasteiger partial charge on any atom is 0.156 e. The molecule has 1 N–H and O–H groups in total. The summed E-state index contributed by atoms with van der Waals surface area (Å²) in [6.45, 7) is 0.208. The van der Waals surface area contributed by atoms with Crippen LogP contribution < -0.4 is 0 Å². The van der Waals surface area contributed by atoms with Gasteiger partial charge < -0.3 is 0 Å². The molecular weight excluding hydrogens is 120 g/mol. The Balaban J connectivity index is 2.57. The predicted octanol–water partition coefficient (Wildman–Crippen LogP) is 0.615. The minimum Gasteiger partial charge on any atom is -0.266 e. The van der Waals surface area contributed by atoms with Crippen LogP contribution in [0.25, 0.3) is 10.4 Å². The summed E-state index contributed by atoms with van der Waals surface area (Å²) in [5.41, 5.74) is 7.86. The zero-order valence-electron chi connectivity index (χ0n) is 4.52. The monoisotopic (exact) mass is 124 g/mol. The number of aromatic amines is 1. The van der Waals surface area contributed by atoms with Crippen molar-refractivity contribution in [2.24, 2.45) is 5.11 Å². The molecular formula is C3H4N6. The Bertz CT molecular complexity index is 206. The molecule has 0 amide bonds. The first-order valence-electron chi connectivity index (χ1n) is 2.29. The lowest BCUT2D eigenvalue weighted by molar-refractivity contribution is 0.908.